The molecule has 2 aliphatic carbocycles. The molecule has 2 fully saturated rings. The summed E-state index contributed by atoms with van der Waals surface area (Å²) in [5.74, 6) is -5.29. The van der Waals surface area contributed by atoms with Crippen LogP contribution in [0.3, 0.4) is 0 Å². The first-order chi connectivity index (χ1) is 19.4. The summed E-state index contributed by atoms with van der Waals surface area (Å²) < 4.78 is 29.2. The Morgan fingerprint density at radius 2 is 1.64 bits per heavy atom. The van der Waals surface area contributed by atoms with Crippen molar-refractivity contribution in [3.8, 4) is 0 Å². The number of ether oxygens (including phenoxy) is 5. The molecule has 3 aliphatic rings. The molecule has 1 aliphatic heterocycles. The molecule has 0 spiro atoms. The van der Waals surface area contributed by atoms with Gasteiger partial charge in [-0.1, -0.05) is 32.9 Å². The lowest BCUT2D eigenvalue weighted by atomic mass is 9.54. The summed E-state index contributed by atoms with van der Waals surface area (Å²) in [5.41, 5.74) is -2.52. The fraction of sp³-hybridized carbons (Fsp3) is 0.710. The number of rotatable bonds is 6. The number of hydrogen-bond acceptors (Lipinski definition) is 11. The van der Waals surface area contributed by atoms with E-state index in [0.29, 0.717) is 24.0 Å². The largest absolute Gasteiger partial charge is 0.462 e. The average molecular weight is 593 g/mol. The molecule has 0 unspecified atom stereocenters. The van der Waals surface area contributed by atoms with E-state index < -0.39 is 83.2 Å². The highest BCUT2D eigenvalue weighted by Gasteiger charge is 2.67. The van der Waals surface area contributed by atoms with Crippen molar-refractivity contribution in [2.24, 2.45) is 23.2 Å². The van der Waals surface area contributed by atoms with E-state index in [2.05, 4.69) is 6.58 Å². The van der Waals surface area contributed by atoms with Crippen molar-refractivity contribution in [2.75, 3.05) is 0 Å². The summed E-state index contributed by atoms with van der Waals surface area (Å²) in [7, 11) is 0. The predicted molar refractivity (Wildman–Crippen MR) is 148 cm³/mol. The molecular weight excluding hydrogens is 548 g/mol. The van der Waals surface area contributed by atoms with Gasteiger partial charge >= 0.3 is 29.8 Å². The Kier molecular flexibility index (Phi) is 9.96. The van der Waals surface area contributed by atoms with Gasteiger partial charge in [0.05, 0.1) is 11.3 Å². The molecule has 42 heavy (non-hydrogen) atoms. The van der Waals surface area contributed by atoms with Crippen molar-refractivity contribution in [1.29, 1.82) is 0 Å². The van der Waals surface area contributed by atoms with E-state index >= 15 is 0 Å². The van der Waals surface area contributed by atoms with Crippen LogP contribution in [-0.4, -0.2) is 71.1 Å². The van der Waals surface area contributed by atoms with E-state index in [1.807, 2.05) is 13.8 Å². The third-order valence-corrected chi connectivity index (χ3v) is 8.84. The fourth-order valence-corrected chi connectivity index (χ4v) is 6.73. The van der Waals surface area contributed by atoms with Gasteiger partial charge in [-0.2, -0.15) is 0 Å². The van der Waals surface area contributed by atoms with Crippen molar-refractivity contribution in [2.45, 2.75) is 117 Å². The van der Waals surface area contributed by atoms with E-state index in [1.54, 1.807) is 13.8 Å². The summed E-state index contributed by atoms with van der Waals surface area (Å²) in [6, 6.07) is 0. The molecule has 11 nitrogen and oxygen atoms in total. The minimum atomic E-state index is -2.11. The van der Waals surface area contributed by atoms with Crippen LogP contribution < -0.4 is 0 Å². The minimum absolute atomic E-state index is 0.00636. The van der Waals surface area contributed by atoms with Crippen molar-refractivity contribution < 1.29 is 52.8 Å². The molecule has 1 heterocycles. The van der Waals surface area contributed by atoms with E-state index in [9.17, 15) is 29.1 Å². The second-order valence-corrected chi connectivity index (χ2v) is 12.5. The second kappa shape index (κ2) is 12.6. The van der Waals surface area contributed by atoms with Crippen LogP contribution in [0, 0.1) is 23.2 Å². The van der Waals surface area contributed by atoms with Gasteiger partial charge in [0.25, 0.3) is 0 Å². The van der Waals surface area contributed by atoms with Gasteiger partial charge in [-0.05, 0) is 44.3 Å². The molecule has 0 amide bonds. The Labute approximate surface area is 246 Å². The van der Waals surface area contributed by atoms with Crippen molar-refractivity contribution >= 4 is 29.8 Å². The first-order valence-corrected chi connectivity index (χ1v) is 14.4. The second-order valence-electron chi connectivity index (χ2n) is 12.5. The smallest absolute Gasteiger partial charge is 0.312 e. The normalized spacial score (nSPS) is 37.8. The van der Waals surface area contributed by atoms with Gasteiger partial charge in [-0.25, -0.2) is 0 Å². The van der Waals surface area contributed by atoms with Gasteiger partial charge in [-0.3, -0.25) is 24.0 Å². The highest BCUT2D eigenvalue weighted by molar-refractivity contribution is 5.78. The van der Waals surface area contributed by atoms with Crippen LogP contribution in [-0.2, 0) is 47.7 Å². The van der Waals surface area contributed by atoms with E-state index in [4.69, 9.17) is 23.7 Å². The molecule has 0 radical (unpaired) electrons. The van der Waals surface area contributed by atoms with Gasteiger partial charge in [0, 0.05) is 39.5 Å². The van der Waals surface area contributed by atoms with Crippen molar-refractivity contribution in [3.63, 3.8) is 0 Å². The Balaban J connectivity index is 2.38. The Hall–Kier alpha value is -3.21. The van der Waals surface area contributed by atoms with E-state index in [-0.39, 0.29) is 18.8 Å². The predicted octanol–water partition coefficient (Wildman–Crippen LogP) is 3.35. The Bertz CT molecular complexity index is 1160. The zero-order valence-corrected chi connectivity index (χ0v) is 25.8. The van der Waals surface area contributed by atoms with Crippen molar-refractivity contribution in [3.05, 3.63) is 23.8 Å². The monoisotopic (exact) mass is 592 g/mol. The number of aliphatic hydroxyl groups is 1. The molecule has 0 aromatic carbocycles. The number of fused-ring (bicyclic) bond motifs is 2. The maximum atomic E-state index is 13.1. The number of carbonyl (C=O) groups is 5. The maximum absolute atomic E-state index is 13.1. The van der Waals surface area contributed by atoms with Crippen LogP contribution in [0.4, 0.5) is 0 Å². The van der Waals surface area contributed by atoms with Gasteiger partial charge in [-0.15, -0.1) is 0 Å². The maximum Gasteiger partial charge on any atom is 0.312 e. The molecule has 1 saturated heterocycles. The number of hydrogen-bond donors (Lipinski definition) is 1. The van der Waals surface area contributed by atoms with Crippen LogP contribution in [0.1, 0.15) is 81.1 Å². The molecule has 234 valence electrons. The summed E-state index contributed by atoms with van der Waals surface area (Å²) in [6.07, 6.45) is -3.44. The quantitative estimate of drug-likeness (QED) is 0.275. The zero-order valence-electron chi connectivity index (χ0n) is 25.8. The lowest BCUT2D eigenvalue weighted by Crippen LogP contribution is -2.66. The molecule has 0 aromatic heterocycles. The van der Waals surface area contributed by atoms with Gasteiger partial charge in [0.15, 0.2) is 11.7 Å². The standard InChI is InChI=1S/C31H44O11/c1-15(2)12-26(35)41-23-11-10-16(3)27-28(40-21(8)34)31(37)18(5)29(36)42-25(31)13-17(4)22(38-19(6)32)14-24(30(23,27)9)39-20(7)33/h13,15,18,22-25,27-28,37H,3,10-12,14H2,1-2,4-9H3/b17-13-/t18-,22+,23-,24-,25-,27+,28-,30+,31-/m0/s1. The zero-order chi connectivity index (χ0) is 31.7. The first kappa shape index (κ1) is 33.3. The third-order valence-electron chi connectivity index (χ3n) is 8.84. The highest BCUT2D eigenvalue weighted by atomic mass is 16.6. The molecule has 1 N–H and O–H groups in total. The first-order valence-electron chi connectivity index (χ1n) is 14.4. The van der Waals surface area contributed by atoms with Gasteiger partial charge in [0.2, 0.25) is 0 Å². The molecule has 1 saturated carbocycles. The lowest BCUT2D eigenvalue weighted by molar-refractivity contribution is -0.222. The summed E-state index contributed by atoms with van der Waals surface area (Å²) in [4.78, 5) is 63.4. The Morgan fingerprint density at radius 1 is 1.05 bits per heavy atom. The number of esters is 5. The Morgan fingerprint density at radius 3 is 2.19 bits per heavy atom. The van der Waals surface area contributed by atoms with Crippen LogP contribution in [0.2, 0.25) is 0 Å². The summed E-state index contributed by atoms with van der Waals surface area (Å²) in [5, 5.41) is 12.5. The number of carbonyl (C=O) groups excluding carboxylic acids is 5. The SMILES string of the molecule is C=C1CC[C@H](OC(=O)CC(C)C)[C@]2(C)[C@@H](OC(C)=O)C[C@@H](OC(C)=O)/C(C)=C\[C@@H]3OC(=O)[C@H](C)[C@@]3(O)[C@@H](OC(C)=O)[C@@H]12. The molecule has 3 rings (SSSR count). The van der Waals surface area contributed by atoms with Crippen LogP contribution in [0.25, 0.3) is 0 Å². The van der Waals surface area contributed by atoms with Crippen molar-refractivity contribution in [1.82, 2.24) is 0 Å². The lowest BCUT2D eigenvalue weighted by Gasteiger charge is -2.55. The minimum Gasteiger partial charge on any atom is -0.462 e. The molecule has 0 aromatic rings. The fourth-order valence-electron chi connectivity index (χ4n) is 6.73. The molecule has 9 atom stereocenters. The third kappa shape index (κ3) is 6.40. The molecule has 0 bridgehead atoms. The van der Waals surface area contributed by atoms with Gasteiger partial charge in [0.1, 0.15) is 24.4 Å². The van der Waals surface area contributed by atoms with Crippen LogP contribution in [0.15, 0.2) is 23.8 Å². The summed E-state index contributed by atoms with van der Waals surface area (Å²) >= 11 is 0. The van der Waals surface area contributed by atoms with E-state index in [1.165, 1.54) is 33.8 Å². The summed E-state index contributed by atoms with van der Waals surface area (Å²) in [6.45, 7) is 16.5. The van der Waals surface area contributed by atoms with Gasteiger partial charge < -0.3 is 28.8 Å². The molecular formula is C31H44O11. The molecule has 11 heteroatoms. The topological polar surface area (TPSA) is 152 Å². The highest BCUT2D eigenvalue weighted by Crippen LogP contribution is 2.56. The van der Waals surface area contributed by atoms with E-state index in [0.717, 1.165) is 0 Å². The van der Waals surface area contributed by atoms with Crippen LogP contribution in [0.5, 0.6) is 0 Å². The van der Waals surface area contributed by atoms with Crippen LogP contribution >= 0.6 is 0 Å². The average Bonchev–Trinajstić information content (AvgIpc) is 3.06.